The van der Waals surface area contributed by atoms with Crippen LogP contribution in [0.15, 0.2) is 72.3 Å². The third-order valence-electron chi connectivity index (χ3n) is 8.40. The Kier molecular flexibility index (Phi) is 9.55. The van der Waals surface area contributed by atoms with Crippen LogP contribution in [0.4, 0.5) is 25.0 Å². The van der Waals surface area contributed by atoms with E-state index in [1.807, 2.05) is 32.9 Å². The number of nitrogens with zero attached hydrogens (tertiary/aromatic N) is 5. The van der Waals surface area contributed by atoms with Crippen molar-refractivity contribution in [2.45, 2.75) is 39.0 Å². The van der Waals surface area contributed by atoms with Gasteiger partial charge in [-0.1, -0.05) is 12.7 Å². The van der Waals surface area contributed by atoms with Gasteiger partial charge in [0.2, 0.25) is 0 Å². The van der Waals surface area contributed by atoms with Crippen molar-refractivity contribution in [1.82, 2.24) is 18.8 Å². The van der Waals surface area contributed by atoms with Crippen molar-refractivity contribution in [2.75, 3.05) is 48.9 Å². The van der Waals surface area contributed by atoms with Crippen LogP contribution in [0.3, 0.4) is 0 Å². The molecule has 2 fully saturated rings. The van der Waals surface area contributed by atoms with Gasteiger partial charge in [-0.05, 0) is 81.8 Å². The van der Waals surface area contributed by atoms with E-state index in [1.54, 1.807) is 23.1 Å². The number of anilines is 2. The van der Waals surface area contributed by atoms with E-state index >= 15 is 4.39 Å². The van der Waals surface area contributed by atoms with Gasteiger partial charge in [-0.2, -0.15) is 12.7 Å². The number of hydrogen-bond donors (Lipinski definition) is 1. The molecular formula is C35H38F2N6O6S. The number of nitrogens with one attached hydrogen (secondary N) is 1. The third kappa shape index (κ3) is 7.43. The highest BCUT2D eigenvalue weighted by Gasteiger charge is 2.32. The third-order valence-corrected chi connectivity index (χ3v) is 9.89. The first-order valence-electron chi connectivity index (χ1n) is 16.1. The van der Waals surface area contributed by atoms with Gasteiger partial charge in [0, 0.05) is 50.5 Å². The van der Waals surface area contributed by atoms with Gasteiger partial charge in [0.1, 0.15) is 23.8 Å². The second-order valence-electron chi connectivity index (χ2n) is 13.1. The summed E-state index contributed by atoms with van der Waals surface area (Å²) >= 11 is 0. The first kappa shape index (κ1) is 34.8. The van der Waals surface area contributed by atoms with Crippen LogP contribution in [0, 0.1) is 5.82 Å². The number of alkyl halides is 1. The van der Waals surface area contributed by atoms with Gasteiger partial charge in [-0.15, -0.1) is 0 Å². The molecule has 15 heteroatoms. The maximum atomic E-state index is 15.1. The van der Waals surface area contributed by atoms with Gasteiger partial charge in [-0.25, -0.2) is 18.6 Å². The molecule has 0 radical (unpaired) electrons. The Morgan fingerprint density at radius 3 is 2.36 bits per heavy atom. The Morgan fingerprint density at radius 2 is 1.72 bits per heavy atom. The molecule has 2 saturated heterocycles. The highest BCUT2D eigenvalue weighted by molar-refractivity contribution is 7.90. The van der Waals surface area contributed by atoms with Crippen molar-refractivity contribution >= 4 is 44.7 Å². The topological polar surface area (TPSA) is 126 Å². The number of carbonyl (C=O) groups is 1. The van der Waals surface area contributed by atoms with Crippen LogP contribution in [-0.2, 0) is 14.9 Å². The summed E-state index contributed by atoms with van der Waals surface area (Å²) in [6.07, 6.45) is 1.17. The number of carbonyl (C=O) groups excluding carboxylic acids is 1. The Bertz CT molecular complexity index is 2090. The summed E-state index contributed by atoms with van der Waals surface area (Å²) in [7, 11) is -4.12. The number of amides is 1. The Morgan fingerprint density at radius 1 is 1.02 bits per heavy atom. The van der Waals surface area contributed by atoms with E-state index in [2.05, 4.69) is 21.2 Å². The highest BCUT2D eigenvalue weighted by atomic mass is 32.2. The Hall–Kier alpha value is -5.02. The molecule has 0 saturated carbocycles. The van der Waals surface area contributed by atoms with Crippen LogP contribution < -0.4 is 19.9 Å². The molecule has 1 N–H and O–H groups in total. The Balaban J connectivity index is 1.20. The number of ether oxygens (including phenoxy) is 2. The molecule has 1 atom stereocenters. The molecule has 0 spiro atoms. The SMILES string of the molecule is C=Cc1c(NS(=O)(=O)N2CC[C@@H](F)C2)ccc(F)c1Oc1ccc2ncn(-c3ccc(N4CCN(C(=O)OC(C)(C)C)CC4)cc3)c(=O)c2c1. The number of piperazine rings is 1. The lowest BCUT2D eigenvalue weighted by Crippen LogP contribution is -2.50. The van der Waals surface area contributed by atoms with Gasteiger partial charge in [0.05, 0.1) is 22.3 Å². The van der Waals surface area contributed by atoms with Crippen LogP contribution in [0.1, 0.15) is 32.8 Å². The zero-order valence-electron chi connectivity index (χ0n) is 27.9. The molecule has 0 bridgehead atoms. The van der Waals surface area contributed by atoms with Crippen LogP contribution >= 0.6 is 0 Å². The molecule has 6 rings (SSSR count). The number of benzene rings is 3. The summed E-state index contributed by atoms with van der Waals surface area (Å²) in [6, 6.07) is 14.2. The lowest BCUT2D eigenvalue weighted by molar-refractivity contribution is 0.0240. The predicted molar refractivity (Wildman–Crippen MR) is 188 cm³/mol. The molecule has 1 amide bonds. The van der Waals surface area contributed by atoms with E-state index in [9.17, 15) is 22.4 Å². The van der Waals surface area contributed by atoms with Gasteiger partial charge >= 0.3 is 16.3 Å². The highest BCUT2D eigenvalue weighted by Crippen LogP contribution is 2.36. The summed E-state index contributed by atoms with van der Waals surface area (Å²) < 4.78 is 70.8. The smallest absolute Gasteiger partial charge is 0.410 e. The van der Waals surface area contributed by atoms with Crippen molar-refractivity contribution in [1.29, 1.82) is 0 Å². The minimum absolute atomic E-state index is 0.00288. The summed E-state index contributed by atoms with van der Waals surface area (Å²) in [6.45, 7) is 11.2. The first-order chi connectivity index (χ1) is 23.7. The maximum absolute atomic E-state index is 15.1. The van der Waals surface area contributed by atoms with Gasteiger partial charge < -0.3 is 19.3 Å². The van der Waals surface area contributed by atoms with E-state index in [-0.39, 0.29) is 59.3 Å². The van der Waals surface area contributed by atoms with Gasteiger partial charge in [0.25, 0.3) is 5.56 Å². The van der Waals surface area contributed by atoms with Crippen LogP contribution in [0.2, 0.25) is 0 Å². The molecule has 3 aromatic carbocycles. The van der Waals surface area contributed by atoms with Crippen molar-refractivity contribution in [3.05, 3.63) is 89.2 Å². The number of aromatic nitrogens is 2. The second kappa shape index (κ2) is 13.7. The van der Waals surface area contributed by atoms with E-state index in [0.29, 0.717) is 37.4 Å². The molecule has 0 unspecified atom stereocenters. The monoisotopic (exact) mass is 708 g/mol. The lowest BCUT2D eigenvalue weighted by atomic mass is 10.1. The Labute approximate surface area is 288 Å². The largest absolute Gasteiger partial charge is 0.454 e. The van der Waals surface area contributed by atoms with E-state index < -0.39 is 27.8 Å². The maximum Gasteiger partial charge on any atom is 0.410 e. The van der Waals surface area contributed by atoms with Crippen LogP contribution in [0.25, 0.3) is 22.7 Å². The zero-order chi connectivity index (χ0) is 35.8. The van der Waals surface area contributed by atoms with Gasteiger partial charge in [-0.3, -0.25) is 14.1 Å². The summed E-state index contributed by atoms with van der Waals surface area (Å²) in [4.78, 5) is 34.4. The second-order valence-corrected chi connectivity index (χ2v) is 14.7. The fraction of sp³-hybridized carbons (Fsp3) is 0.343. The minimum Gasteiger partial charge on any atom is -0.454 e. The molecule has 50 heavy (non-hydrogen) atoms. The normalized spacial score (nSPS) is 17.2. The number of fused-ring (bicyclic) bond motifs is 1. The van der Waals surface area contributed by atoms with E-state index in [1.165, 1.54) is 35.2 Å². The quantitative estimate of drug-likeness (QED) is 0.247. The average molecular weight is 709 g/mol. The molecule has 0 aliphatic carbocycles. The summed E-state index contributed by atoms with van der Waals surface area (Å²) in [5, 5.41) is 0.208. The van der Waals surface area contributed by atoms with Gasteiger partial charge in [0.15, 0.2) is 11.6 Å². The average Bonchev–Trinajstić information content (AvgIpc) is 3.53. The summed E-state index contributed by atoms with van der Waals surface area (Å²) in [5.74, 6) is -0.990. The minimum atomic E-state index is -4.12. The molecular weight excluding hydrogens is 670 g/mol. The fourth-order valence-corrected chi connectivity index (χ4v) is 7.13. The zero-order valence-corrected chi connectivity index (χ0v) is 28.8. The molecule has 2 aliphatic heterocycles. The molecule has 264 valence electrons. The summed E-state index contributed by atoms with van der Waals surface area (Å²) in [5.41, 5.74) is 0.976. The molecule has 2 aliphatic rings. The molecule has 4 aromatic rings. The predicted octanol–water partition coefficient (Wildman–Crippen LogP) is 5.72. The fourth-order valence-electron chi connectivity index (χ4n) is 5.84. The first-order valence-corrected chi connectivity index (χ1v) is 17.6. The number of rotatable bonds is 8. The van der Waals surface area contributed by atoms with Crippen molar-refractivity contribution in [3.63, 3.8) is 0 Å². The van der Waals surface area contributed by atoms with Crippen molar-refractivity contribution < 1.29 is 31.5 Å². The molecule has 1 aromatic heterocycles. The molecule has 3 heterocycles. The van der Waals surface area contributed by atoms with Crippen LogP contribution in [-0.4, -0.2) is 84.3 Å². The van der Waals surface area contributed by atoms with E-state index in [0.717, 1.165) is 16.1 Å². The molecule has 12 nitrogen and oxygen atoms in total. The number of halogens is 2. The van der Waals surface area contributed by atoms with Crippen molar-refractivity contribution in [3.8, 4) is 17.2 Å². The van der Waals surface area contributed by atoms with Crippen molar-refractivity contribution in [2.24, 2.45) is 0 Å². The number of hydrogen-bond acceptors (Lipinski definition) is 8. The van der Waals surface area contributed by atoms with E-state index in [4.69, 9.17) is 9.47 Å². The lowest BCUT2D eigenvalue weighted by Gasteiger charge is -2.36. The van der Waals surface area contributed by atoms with Crippen LogP contribution in [0.5, 0.6) is 11.5 Å². The standard InChI is InChI=1S/C35H38F2N6O6S/c1-5-27-31(39-50(46,47)42-15-14-23(36)21-42)13-11-29(37)32(27)48-26-10-12-30-28(20-26)33(44)43(22-38-30)25-8-6-24(7-9-25)40-16-18-41(19-17-40)34(45)49-35(2,3)4/h5-13,20,22-23,39H,1,14-19,21H2,2-4H3/t23-/m1/s1.